The Hall–Kier alpha value is -2.93. The van der Waals surface area contributed by atoms with Crippen LogP contribution in [0.15, 0.2) is 42.7 Å². The molecule has 2 aromatic heterocycles. The van der Waals surface area contributed by atoms with Gasteiger partial charge in [0.15, 0.2) is 5.65 Å². The van der Waals surface area contributed by atoms with Crippen LogP contribution in [0.3, 0.4) is 0 Å². The summed E-state index contributed by atoms with van der Waals surface area (Å²) in [5, 5.41) is 8.29. The molecule has 0 radical (unpaired) electrons. The number of benzene rings is 1. The van der Waals surface area contributed by atoms with Gasteiger partial charge in [0.25, 0.3) is 5.91 Å². The van der Waals surface area contributed by atoms with Gasteiger partial charge in [-0.1, -0.05) is 6.07 Å². The number of hydrogen-bond donors (Lipinski definition) is 1. The molecular weight excluding hydrogens is 388 g/mol. The van der Waals surface area contributed by atoms with Crippen LogP contribution in [-0.2, 0) is 0 Å². The van der Waals surface area contributed by atoms with Gasteiger partial charge >= 0.3 is 0 Å². The normalized spacial score (nSPS) is 17.5. The Morgan fingerprint density at radius 2 is 1.94 bits per heavy atom. The van der Waals surface area contributed by atoms with Crippen molar-refractivity contribution in [1.29, 1.82) is 0 Å². The molecule has 31 heavy (non-hydrogen) atoms. The summed E-state index contributed by atoms with van der Waals surface area (Å²) in [6.07, 6.45) is 6.21. The van der Waals surface area contributed by atoms with E-state index < -0.39 is 0 Å². The molecule has 5 rings (SSSR count). The predicted octanol–water partition coefficient (Wildman–Crippen LogP) is 3.80. The van der Waals surface area contributed by atoms with Gasteiger partial charge in [0.2, 0.25) is 0 Å². The van der Waals surface area contributed by atoms with E-state index in [-0.39, 0.29) is 11.9 Å². The number of nitrogens with one attached hydrogen (secondary N) is 1. The summed E-state index contributed by atoms with van der Waals surface area (Å²) >= 11 is 0. The third kappa shape index (κ3) is 4.42. The van der Waals surface area contributed by atoms with Gasteiger partial charge in [0, 0.05) is 61.7 Å². The number of hydrogen-bond acceptors (Lipinski definition) is 5. The minimum Gasteiger partial charge on any atom is -0.369 e. The van der Waals surface area contributed by atoms with E-state index >= 15 is 0 Å². The van der Waals surface area contributed by atoms with Gasteiger partial charge < -0.3 is 10.2 Å². The molecule has 0 atom stereocenters. The van der Waals surface area contributed by atoms with Gasteiger partial charge in [-0.15, -0.1) is 0 Å². The Morgan fingerprint density at radius 1 is 1.13 bits per heavy atom. The van der Waals surface area contributed by atoms with Crippen molar-refractivity contribution in [3.05, 3.63) is 48.3 Å². The summed E-state index contributed by atoms with van der Waals surface area (Å²) in [7, 11) is 0. The zero-order chi connectivity index (χ0) is 21.4. The number of carbonyl (C=O) groups excluding carboxylic acids is 1. The second kappa shape index (κ2) is 8.30. The van der Waals surface area contributed by atoms with Crippen molar-refractivity contribution in [2.45, 2.75) is 32.7 Å². The van der Waals surface area contributed by atoms with Gasteiger partial charge in [-0.3, -0.25) is 9.69 Å². The summed E-state index contributed by atoms with van der Waals surface area (Å²) in [5.74, 6) is 0.789. The number of aromatic nitrogens is 3. The molecule has 1 aliphatic carbocycles. The molecule has 0 unspecified atom stereocenters. The zero-order valence-electron chi connectivity index (χ0n) is 18.3. The summed E-state index contributed by atoms with van der Waals surface area (Å²) in [6.45, 7) is 9.68. The Kier molecular flexibility index (Phi) is 5.36. The Bertz CT molecular complexity index is 1080. The Balaban J connectivity index is 1.25. The van der Waals surface area contributed by atoms with Gasteiger partial charge in [-0.2, -0.15) is 5.10 Å². The molecule has 0 spiro atoms. The highest BCUT2D eigenvalue weighted by Gasteiger charge is 2.26. The largest absolute Gasteiger partial charge is 0.369 e. The van der Waals surface area contributed by atoms with Crippen LogP contribution in [0.4, 0.5) is 11.4 Å². The first-order valence-corrected chi connectivity index (χ1v) is 11.3. The molecule has 7 heteroatoms. The Labute approximate surface area is 183 Å². The number of nitrogens with zero attached hydrogens (tertiary/aromatic N) is 5. The minimum atomic E-state index is -0.155. The smallest absolute Gasteiger partial charge is 0.257 e. The molecule has 3 aromatic rings. The predicted molar refractivity (Wildman–Crippen MR) is 124 cm³/mol. The van der Waals surface area contributed by atoms with E-state index in [0.29, 0.717) is 5.56 Å². The van der Waals surface area contributed by atoms with Crippen LogP contribution in [-0.4, -0.2) is 58.3 Å². The molecule has 1 N–H and O–H groups in total. The fourth-order valence-corrected chi connectivity index (χ4v) is 4.28. The van der Waals surface area contributed by atoms with E-state index in [0.717, 1.165) is 54.5 Å². The van der Waals surface area contributed by atoms with Crippen LogP contribution in [0.5, 0.6) is 0 Å². The quantitative estimate of drug-likeness (QED) is 0.660. The molecular formula is C24H30N6O. The second-order valence-corrected chi connectivity index (χ2v) is 9.06. The monoisotopic (exact) mass is 418 g/mol. The van der Waals surface area contributed by atoms with Crippen LogP contribution in [0.1, 0.15) is 43.1 Å². The second-order valence-electron chi connectivity index (χ2n) is 9.06. The van der Waals surface area contributed by atoms with Crippen molar-refractivity contribution in [3.8, 4) is 0 Å². The molecule has 1 aromatic carbocycles. The molecule has 2 aliphatic rings. The Morgan fingerprint density at radius 3 is 2.68 bits per heavy atom. The summed E-state index contributed by atoms with van der Waals surface area (Å²) in [4.78, 5) is 22.3. The van der Waals surface area contributed by atoms with E-state index in [1.807, 2.05) is 22.9 Å². The molecule has 3 heterocycles. The molecule has 1 saturated carbocycles. The van der Waals surface area contributed by atoms with Crippen molar-refractivity contribution in [1.82, 2.24) is 19.7 Å². The third-order valence-electron chi connectivity index (χ3n) is 6.24. The van der Waals surface area contributed by atoms with Crippen LogP contribution in [0.2, 0.25) is 0 Å². The topological polar surface area (TPSA) is 66.3 Å². The first-order chi connectivity index (χ1) is 15.1. The lowest BCUT2D eigenvalue weighted by molar-refractivity contribution is 0.102. The third-order valence-corrected chi connectivity index (χ3v) is 6.24. The van der Waals surface area contributed by atoms with E-state index in [1.165, 1.54) is 19.4 Å². The molecule has 7 nitrogen and oxygen atoms in total. The van der Waals surface area contributed by atoms with Crippen molar-refractivity contribution in [3.63, 3.8) is 0 Å². The SMILES string of the molecule is CC(C)n1ncc2cc(C(=O)Nc3cccc(N4CCN(CC5CC5)CC4)c3)cnc21. The average Bonchev–Trinajstić information content (AvgIpc) is 3.48. The van der Waals surface area contributed by atoms with Crippen LogP contribution in [0.25, 0.3) is 11.0 Å². The highest BCUT2D eigenvalue weighted by Crippen LogP contribution is 2.30. The maximum Gasteiger partial charge on any atom is 0.257 e. The van der Waals surface area contributed by atoms with Crippen molar-refractivity contribution in [2.75, 3.05) is 42.9 Å². The number of anilines is 2. The molecule has 1 amide bonds. The lowest BCUT2D eigenvalue weighted by atomic mass is 10.2. The van der Waals surface area contributed by atoms with Gasteiger partial charge in [-0.25, -0.2) is 9.67 Å². The molecule has 1 aliphatic heterocycles. The number of fused-ring (bicyclic) bond motifs is 1. The molecule has 1 saturated heterocycles. The minimum absolute atomic E-state index is 0.155. The number of pyridine rings is 1. The fraction of sp³-hybridized carbons (Fsp3) is 0.458. The van der Waals surface area contributed by atoms with Gasteiger partial charge in [0.1, 0.15) is 0 Å². The number of amides is 1. The zero-order valence-corrected chi connectivity index (χ0v) is 18.3. The number of rotatable bonds is 6. The van der Waals surface area contributed by atoms with Crippen LogP contribution < -0.4 is 10.2 Å². The van der Waals surface area contributed by atoms with E-state index in [2.05, 4.69) is 51.2 Å². The summed E-state index contributed by atoms with van der Waals surface area (Å²) in [5.41, 5.74) is 3.31. The molecule has 2 fully saturated rings. The first-order valence-electron chi connectivity index (χ1n) is 11.3. The van der Waals surface area contributed by atoms with E-state index in [9.17, 15) is 4.79 Å². The first kappa shape index (κ1) is 20.0. The van der Waals surface area contributed by atoms with Crippen molar-refractivity contribution >= 4 is 28.3 Å². The van der Waals surface area contributed by atoms with E-state index in [1.54, 1.807) is 12.4 Å². The fourth-order valence-electron chi connectivity index (χ4n) is 4.28. The maximum atomic E-state index is 12.8. The van der Waals surface area contributed by atoms with Crippen molar-refractivity contribution < 1.29 is 4.79 Å². The van der Waals surface area contributed by atoms with Crippen LogP contribution in [0, 0.1) is 5.92 Å². The maximum absolute atomic E-state index is 12.8. The van der Waals surface area contributed by atoms with Crippen LogP contribution >= 0.6 is 0 Å². The lowest BCUT2D eigenvalue weighted by Gasteiger charge is -2.36. The standard InChI is InChI=1S/C24H30N6O/c1-17(2)30-23-19(15-26-30)12-20(14-25-23)24(31)27-21-4-3-5-22(13-21)29-10-8-28(9-11-29)16-18-6-7-18/h3-5,12-15,17-18H,6-11,16H2,1-2H3,(H,27,31). The lowest BCUT2D eigenvalue weighted by Crippen LogP contribution is -2.47. The van der Waals surface area contributed by atoms with Crippen molar-refractivity contribution in [2.24, 2.45) is 5.92 Å². The number of piperazine rings is 1. The molecule has 162 valence electrons. The van der Waals surface area contributed by atoms with E-state index in [4.69, 9.17) is 0 Å². The summed E-state index contributed by atoms with van der Waals surface area (Å²) < 4.78 is 1.87. The van der Waals surface area contributed by atoms with Gasteiger partial charge in [0.05, 0.1) is 11.8 Å². The highest BCUT2D eigenvalue weighted by molar-refractivity contribution is 6.05. The molecule has 0 bridgehead atoms. The highest BCUT2D eigenvalue weighted by atomic mass is 16.1. The average molecular weight is 419 g/mol. The number of carbonyl (C=O) groups is 1. The van der Waals surface area contributed by atoms with Gasteiger partial charge in [-0.05, 0) is 56.9 Å². The summed E-state index contributed by atoms with van der Waals surface area (Å²) in [6, 6.07) is 10.2.